The number of hydrogen-bond acceptors (Lipinski definition) is 2. The number of rotatable bonds is 4. The quantitative estimate of drug-likeness (QED) is 0.909. The standard InChI is InChI=1S/C17H15BrN2O/c1-12-7-8-15(18)16(9-12)20-17(21)14(11-19)10-13-5-3-2-4-6-13/h2-9,14H,10H2,1H3,(H,20,21). The van der Waals surface area contributed by atoms with Crippen LogP contribution in [-0.2, 0) is 11.2 Å². The molecule has 0 aliphatic heterocycles. The average Bonchev–Trinajstić information content (AvgIpc) is 2.49. The number of halogens is 1. The van der Waals surface area contributed by atoms with E-state index in [1.54, 1.807) is 0 Å². The molecule has 0 aliphatic rings. The van der Waals surface area contributed by atoms with E-state index in [1.165, 1.54) is 0 Å². The number of carbonyl (C=O) groups excluding carboxylic acids is 1. The van der Waals surface area contributed by atoms with Crippen molar-refractivity contribution in [2.45, 2.75) is 13.3 Å². The summed E-state index contributed by atoms with van der Waals surface area (Å²) in [6.07, 6.45) is 0.409. The Bertz CT molecular complexity index is 677. The van der Waals surface area contributed by atoms with Gasteiger partial charge in [0.25, 0.3) is 0 Å². The van der Waals surface area contributed by atoms with E-state index in [9.17, 15) is 10.1 Å². The lowest BCUT2D eigenvalue weighted by Gasteiger charge is -2.12. The van der Waals surface area contributed by atoms with Gasteiger partial charge in [-0.3, -0.25) is 4.79 Å². The lowest BCUT2D eigenvalue weighted by molar-refractivity contribution is -0.118. The van der Waals surface area contributed by atoms with Crippen molar-refractivity contribution in [3.05, 3.63) is 64.1 Å². The highest BCUT2D eigenvalue weighted by Gasteiger charge is 2.19. The first-order valence-corrected chi connectivity index (χ1v) is 7.40. The van der Waals surface area contributed by atoms with Crippen molar-refractivity contribution in [1.82, 2.24) is 0 Å². The Morgan fingerprint density at radius 1 is 1.29 bits per heavy atom. The topological polar surface area (TPSA) is 52.9 Å². The van der Waals surface area contributed by atoms with Crippen LogP contribution in [0.2, 0.25) is 0 Å². The molecular formula is C17H15BrN2O. The SMILES string of the molecule is Cc1ccc(Br)c(NC(=O)C(C#N)Cc2ccccc2)c1. The van der Waals surface area contributed by atoms with E-state index >= 15 is 0 Å². The van der Waals surface area contributed by atoms with Crippen molar-refractivity contribution in [2.75, 3.05) is 5.32 Å². The van der Waals surface area contributed by atoms with Gasteiger partial charge in [0.05, 0.1) is 11.8 Å². The third kappa shape index (κ3) is 4.17. The Morgan fingerprint density at radius 3 is 2.67 bits per heavy atom. The molecule has 4 heteroatoms. The van der Waals surface area contributed by atoms with Crippen molar-refractivity contribution in [3.8, 4) is 6.07 Å². The van der Waals surface area contributed by atoms with E-state index in [4.69, 9.17) is 0 Å². The Hall–Kier alpha value is -2.12. The van der Waals surface area contributed by atoms with Crippen LogP contribution < -0.4 is 5.32 Å². The number of nitrogens with zero attached hydrogens (tertiary/aromatic N) is 1. The first-order chi connectivity index (χ1) is 10.1. The van der Waals surface area contributed by atoms with Crippen LogP contribution in [0.3, 0.4) is 0 Å². The Labute approximate surface area is 132 Å². The van der Waals surface area contributed by atoms with Gasteiger partial charge in [0.1, 0.15) is 5.92 Å². The van der Waals surface area contributed by atoms with Gasteiger partial charge < -0.3 is 5.32 Å². The number of nitrogens with one attached hydrogen (secondary N) is 1. The van der Waals surface area contributed by atoms with Crippen LogP contribution in [0, 0.1) is 24.2 Å². The maximum Gasteiger partial charge on any atom is 0.242 e. The third-order valence-corrected chi connectivity index (χ3v) is 3.83. The minimum Gasteiger partial charge on any atom is -0.324 e. The van der Waals surface area contributed by atoms with Gasteiger partial charge >= 0.3 is 0 Å². The summed E-state index contributed by atoms with van der Waals surface area (Å²) in [5.74, 6) is -0.993. The van der Waals surface area contributed by atoms with E-state index < -0.39 is 5.92 Å². The molecule has 1 atom stereocenters. The zero-order valence-corrected chi connectivity index (χ0v) is 13.2. The van der Waals surface area contributed by atoms with E-state index in [1.807, 2.05) is 55.5 Å². The number of hydrogen-bond donors (Lipinski definition) is 1. The Morgan fingerprint density at radius 2 is 2.00 bits per heavy atom. The molecule has 0 radical (unpaired) electrons. The molecular weight excluding hydrogens is 328 g/mol. The van der Waals surface area contributed by atoms with E-state index in [2.05, 4.69) is 27.3 Å². The minimum absolute atomic E-state index is 0.285. The molecule has 0 bridgehead atoms. The molecule has 0 heterocycles. The number of anilines is 1. The van der Waals surface area contributed by atoms with Gasteiger partial charge in [-0.15, -0.1) is 0 Å². The molecule has 3 nitrogen and oxygen atoms in total. The molecule has 0 spiro atoms. The third-order valence-electron chi connectivity index (χ3n) is 3.13. The van der Waals surface area contributed by atoms with Crippen molar-refractivity contribution >= 4 is 27.5 Å². The molecule has 2 aromatic carbocycles. The minimum atomic E-state index is -0.709. The van der Waals surface area contributed by atoms with Crippen LogP contribution in [0.5, 0.6) is 0 Å². The molecule has 0 fully saturated rings. The van der Waals surface area contributed by atoms with Gasteiger partial charge in [-0.1, -0.05) is 36.4 Å². The van der Waals surface area contributed by atoms with Crippen LogP contribution in [0.1, 0.15) is 11.1 Å². The zero-order valence-electron chi connectivity index (χ0n) is 11.6. The fourth-order valence-corrected chi connectivity index (χ4v) is 2.35. The second kappa shape index (κ2) is 7.05. The molecule has 0 aliphatic carbocycles. The van der Waals surface area contributed by atoms with Gasteiger partial charge in [-0.05, 0) is 52.5 Å². The fourth-order valence-electron chi connectivity index (χ4n) is 2.00. The number of aryl methyl sites for hydroxylation is 1. The first-order valence-electron chi connectivity index (χ1n) is 6.60. The Kier molecular flexibility index (Phi) is 5.13. The van der Waals surface area contributed by atoms with Crippen LogP contribution >= 0.6 is 15.9 Å². The van der Waals surface area contributed by atoms with E-state index in [-0.39, 0.29) is 5.91 Å². The Balaban J connectivity index is 2.10. The summed E-state index contributed by atoms with van der Waals surface area (Å²) >= 11 is 3.40. The predicted octanol–water partition coefficient (Wildman–Crippen LogP) is 4.08. The normalized spacial score (nSPS) is 11.5. The molecule has 1 amide bonds. The molecule has 21 heavy (non-hydrogen) atoms. The second-order valence-electron chi connectivity index (χ2n) is 4.84. The van der Waals surface area contributed by atoms with Crippen LogP contribution in [0.4, 0.5) is 5.69 Å². The monoisotopic (exact) mass is 342 g/mol. The van der Waals surface area contributed by atoms with Gasteiger partial charge in [0, 0.05) is 4.47 Å². The van der Waals surface area contributed by atoms with Crippen molar-refractivity contribution in [1.29, 1.82) is 5.26 Å². The number of nitriles is 1. The number of benzene rings is 2. The highest BCUT2D eigenvalue weighted by atomic mass is 79.9. The second-order valence-corrected chi connectivity index (χ2v) is 5.70. The summed E-state index contributed by atoms with van der Waals surface area (Å²) < 4.78 is 0.804. The smallest absolute Gasteiger partial charge is 0.242 e. The highest BCUT2D eigenvalue weighted by Crippen LogP contribution is 2.24. The van der Waals surface area contributed by atoms with Gasteiger partial charge in [-0.25, -0.2) is 0 Å². The maximum absolute atomic E-state index is 12.3. The van der Waals surface area contributed by atoms with E-state index in [0.29, 0.717) is 12.1 Å². The van der Waals surface area contributed by atoms with Crippen molar-refractivity contribution < 1.29 is 4.79 Å². The maximum atomic E-state index is 12.3. The summed E-state index contributed by atoms with van der Waals surface area (Å²) in [5.41, 5.74) is 2.71. The largest absolute Gasteiger partial charge is 0.324 e. The summed E-state index contributed by atoms with van der Waals surface area (Å²) in [7, 11) is 0. The molecule has 2 rings (SSSR count). The summed E-state index contributed by atoms with van der Waals surface area (Å²) in [5, 5.41) is 12.1. The first kappa shape index (κ1) is 15.3. The summed E-state index contributed by atoms with van der Waals surface area (Å²) in [6.45, 7) is 1.95. The molecule has 1 unspecified atom stereocenters. The summed E-state index contributed by atoms with van der Waals surface area (Å²) in [4.78, 5) is 12.3. The molecule has 0 saturated heterocycles. The van der Waals surface area contributed by atoms with Crippen LogP contribution in [0.25, 0.3) is 0 Å². The van der Waals surface area contributed by atoms with Gasteiger partial charge in [0.2, 0.25) is 5.91 Å². The number of amides is 1. The van der Waals surface area contributed by atoms with E-state index in [0.717, 1.165) is 15.6 Å². The molecule has 1 N–H and O–H groups in total. The highest BCUT2D eigenvalue weighted by molar-refractivity contribution is 9.10. The average molecular weight is 343 g/mol. The number of carbonyl (C=O) groups is 1. The van der Waals surface area contributed by atoms with Crippen molar-refractivity contribution in [2.24, 2.45) is 5.92 Å². The lowest BCUT2D eigenvalue weighted by Crippen LogP contribution is -2.23. The molecule has 0 aromatic heterocycles. The zero-order chi connectivity index (χ0) is 15.2. The van der Waals surface area contributed by atoms with Crippen molar-refractivity contribution in [3.63, 3.8) is 0 Å². The molecule has 0 saturated carbocycles. The summed E-state index contributed by atoms with van der Waals surface area (Å²) in [6, 6.07) is 17.3. The van der Waals surface area contributed by atoms with Crippen LogP contribution in [-0.4, -0.2) is 5.91 Å². The van der Waals surface area contributed by atoms with Gasteiger partial charge in [0.15, 0.2) is 0 Å². The van der Waals surface area contributed by atoms with Crippen LogP contribution in [0.15, 0.2) is 53.0 Å². The lowest BCUT2D eigenvalue weighted by atomic mass is 10.00. The molecule has 2 aromatic rings. The molecule has 106 valence electrons. The fraction of sp³-hybridized carbons (Fsp3) is 0.176. The predicted molar refractivity (Wildman–Crippen MR) is 86.8 cm³/mol. The van der Waals surface area contributed by atoms with Gasteiger partial charge in [-0.2, -0.15) is 5.26 Å².